The van der Waals surface area contributed by atoms with Gasteiger partial charge in [0.15, 0.2) is 11.5 Å². The van der Waals surface area contributed by atoms with Crippen LogP contribution >= 0.6 is 0 Å². The summed E-state index contributed by atoms with van der Waals surface area (Å²) >= 11 is 0. The standard InChI is InChI=1S/C13H18N2O2/c1-16-13-10-11(6-8-15)4-5-12(13)17-9-3-2-7-14/h4-5,10H,2-3,6,8-9,15H2,1H3. The molecule has 0 saturated heterocycles. The van der Waals surface area contributed by atoms with Crippen LogP contribution in [0.1, 0.15) is 18.4 Å². The Kier molecular flexibility index (Phi) is 5.91. The fraction of sp³-hybridized carbons (Fsp3) is 0.462. The lowest BCUT2D eigenvalue weighted by Crippen LogP contribution is -2.04. The molecule has 4 nitrogen and oxygen atoms in total. The highest BCUT2D eigenvalue weighted by Crippen LogP contribution is 2.28. The zero-order chi connectivity index (χ0) is 12.5. The summed E-state index contributed by atoms with van der Waals surface area (Å²) in [5, 5.41) is 8.42. The molecular weight excluding hydrogens is 216 g/mol. The highest BCUT2D eigenvalue weighted by molar-refractivity contribution is 5.43. The number of hydrogen-bond donors (Lipinski definition) is 1. The molecule has 0 fully saturated rings. The molecule has 0 atom stereocenters. The maximum atomic E-state index is 8.42. The number of nitrogens with two attached hydrogens (primary N) is 1. The second kappa shape index (κ2) is 7.53. The van der Waals surface area contributed by atoms with Gasteiger partial charge in [-0.25, -0.2) is 0 Å². The van der Waals surface area contributed by atoms with Crippen molar-refractivity contribution in [1.82, 2.24) is 0 Å². The number of nitrogens with zero attached hydrogens (tertiary/aromatic N) is 1. The smallest absolute Gasteiger partial charge is 0.161 e. The van der Waals surface area contributed by atoms with Crippen LogP contribution in [0.3, 0.4) is 0 Å². The van der Waals surface area contributed by atoms with Gasteiger partial charge < -0.3 is 15.2 Å². The highest BCUT2D eigenvalue weighted by Gasteiger charge is 2.05. The van der Waals surface area contributed by atoms with Gasteiger partial charge in [-0.15, -0.1) is 0 Å². The molecule has 0 unspecified atom stereocenters. The minimum absolute atomic E-state index is 0.508. The fourth-order valence-electron chi connectivity index (χ4n) is 1.49. The van der Waals surface area contributed by atoms with Crippen molar-refractivity contribution in [3.8, 4) is 17.6 Å². The molecule has 1 aromatic carbocycles. The summed E-state index contributed by atoms with van der Waals surface area (Å²) in [6.07, 6.45) is 2.06. The Hall–Kier alpha value is -1.73. The van der Waals surface area contributed by atoms with Gasteiger partial charge in [0, 0.05) is 6.42 Å². The largest absolute Gasteiger partial charge is 0.493 e. The Balaban J connectivity index is 2.62. The van der Waals surface area contributed by atoms with Crippen molar-refractivity contribution in [1.29, 1.82) is 5.26 Å². The van der Waals surface area contributed by atoms with Crippen molar-refractivity contribution in [3.63, 3.8) is 0 Å². The van der Waals surface area contributed by atoms with Crippen LogP contribution in [0.15, 0.2) is 18.2 Å². The van der Waals surface area contributed by atoms with Crippen molar-refractivity contribution < 1.29 is 9.47 Å². The van der Waals surface area contributed by atoms with Crippen LogP contribution in [0.2, 0.25) is 0 Å². The van der Waals surface area contributed by atoms with Crippen molar-refractivity contribution in [2.24, 2.45) is 5.73 Å². The Bertz CT molecular complexity index is 385. The van der Waals surface area contributed by atoms with Crippen LogP contribution < -0.4 is 15.2 Å². The number of hydrogen-bond acceptors (Lipinski definition) is 4. The van der Waals surface area contributed by atoms with Gasteiger partial charge in [-0.05, 0) is 37.1 Å². The summed E-state index contributed by atoms with van der Waals surface area (Å²) in [6.45, 7) is 1.14. The van der Waals surface area contributed by atoms with Gasteiger partial charge in [-0.1, -0.05) is 6.07 Å². The molecule has 0 spiro atoms. The summed E-state index contributed by atoms with van der Waals surface area (Å²) in [6, 6.07) is 7.89. The van der Waals surface area contributed by atoms with Gasteiger partial charge in [-0.3, -0.25) is 0 Å². The first-order valence-corrected chi connectivity index (χ1v) is 5.68. The lowest BCUT2D eigenvalue weighted by atomic mass is 10.1. The molecule has 17 heavy (non-hydrogen) atoms. The molecule has 0 radical (unpaired) electrons. The van der Waals surface area contributed by atoms with E-state index < -0.39 is 0 Å². The molecule has 2 N–H and O–H groups in total. The summed E-state index contributed by atoms with van der Waals surface area (Å²) in [5.41, 5.74) is 6.63. The Morgan fingerprint density at radius 2 is 2.18 bits per heavy atom. The number of unbranched alkanes of at least 4 members (excludes halogenated alkanes) is 1. The van der Waals surface area contributed by atoms with E-state index in [-0.39, 0.29) is 0 Å². The third-order valence-corrected chi connectivity index (χ3v) is 2.35. The normalized spacial score (nSPS) is 9.71. The van der Waals surface area contributed by atoms with Crippen molar-refractivity contribution >= 4 is 0 Å². The Morgan fingerprint density at radius 3 is 2.82 bits per heavy atom. The fourth-order valence-corrected chi connectivity index (χ4v) is 1.49. The molecule has 0 aliphatic rings. The number of benzene rings is 1. The molecule has 4 heteroatoms. The predicted molar refractivity (Wildman–Crippen MR) is 66.1 cm³/mol. The Morgan fingerprint density at radius 1 is 1.35 bits per heavy atom. The lowest BCUT2D eigenvalue weighted by Gasteiger charge is -2.11. The third kappa shape index (κ3) is 4.33. The van der Waals surface area contributed by atoms with Gasteiger partial charge in [0.2, 0.25) is 0 Å². The maximum absolute atomic E-state index is 8.42. The van der Waals surface area contributed by atoms with Crippen LogP contribution in [0.4, 0.5) is 0 Å². The monoisotopic (exact) mass is 234 g/mol. The number of methoxy groups -OCH3 is 1. The lowest BCUT2D eigenvalue weighted by molar-refractivity contribution is 0.290. The van der Waals surface area contributed by atoms with Crippen molar-refractivity contribution in [3.05, 3.63) is 23.8 Å². The second-order valence-electron chi connectivity index (χ2n) is 3.63. The zero-order valence-corrected chi connectivity index (χ0v) is 10.1. The van der Waals surface area contributed by atoms with E-state index in [1.165, 1.54) is 0 Å². The minimum Gasteiger partial charge on any atom is -0.493 e. The van der Waals surface area contributed by atoms with Crippen LogP contribution in [-0.4, -0.2) is 20.3 Å². The molecule has 0 saturated carbocycles. The van der Waals surface area contributed by atoms with Gasteiger partial charge in [-0.2, -0.15) is 5.26 Å². The second-order valence-corrected chi connectivity index (χ2v) is 3.63. The molecule has 0 aromatic heterocycles. The number of nitriles is 1. The summed E-state index contributed by atoms with van der Waals surface area (Å²) in [5.74, 6) is 1.43. The first-order chi connectivity index (χ1) is 8.31. The third-order valence-electron chi connectivity index (χ3n) is 2.35. The van der Waals surface area contributed by atoms with Crippen molar-refractivity contribution in [2.75, 3.05) is 20.3 Å². The van der Waals surface area contributed by atoms with E-state index in [4.69, 9.17) is 20.5 Å². The summed E-state index contributed by atoms with van der Waals surface area (Å²) in [4.78, 5) is 0. The SMILES string of the molecule is COc1cc(CCN)ccc1OCCCC#N. The molecule has 0 heterocycles. The first-order valence-electron chi connectivity index (χ1n) is 5.68. The summed E-state index contributed by atoms with van der Waals surface area (Å²) < 4.78 is 10.8. The molecule has 0 aliphatic carbocycles. The molecule has 0 bridgehead atoms. The topological polar surface area (TPSA) is 68.3 Å². The summed E-state index contributed by atoms with van der Waals surface area (Å²) in [7, 11) is 1.61. The zero-order valence-electron chi connectivity index (χ0n) is 10.1. The Labute approximate surface area is 102 Å². The van der Waals surface area contributed by atoms with Crippen molar-refractivity contribution in [2.45, 2.75) is 19.3 Å². The minimum atomic E-state index is 0.508. The molecule has 92 valence electrons. The van der Waals surface area contributed by atoms with E-state index in [0.717, 1.165) is 18.4 Å². The van der Waals surface area contributed by atoms with Gasteiger partial charge in [0.1, 0.15) is 0 Å². The number of ether oxygens (including phenoxy) is 2. The average molecular weight is 234 g/mol. The molecular formula is C13H18N2O2. The van der Waals surface area contributed by atoms with Crippen LogP contribution in [0, 0.1) is 11.3 Å². The molecule has 0 amide bonds. The first kappa shape index (κ1) is 13.3. The highest BCUT2D eigenvalue weighted by atomic mass is 16.5. The van der Waals surface area contributed by atoms with E-state index in [1.807, 2.05) is 18.2 Å². The van der Waals surface area contributed by atoms with Crippen LogP contribution in [0.25, 0.3) is 0 Å². The van der Waals surface area contributed by atoms with Gasteiger partial charge >= 0.3 is 0 Å². The van der Waals surface area contributed by atoms with E-state index in [0.29, 0.717) is 31.1 Å². The van der Waals surface area contributed by atoms with Crippen LogP contribution in [0.5, 0.6) is 11.5 Å². The van der Waals surface area contributed by atoms with E-state index >= 15 is 0 Å². The molecule has 0 aliphatic heterocycles. The number of rotatable bonds is 7. The maximum Gasteiger partial charge on any atom is 0.161 e. The molecule has 1 rings (SSSR count). The quantitative estimate of drug-likeness (QED) is 0.731. The van der Waals surface area contributed by atoms with E-state index in [2.05, 4.69) is 6.07 Å². The van der Waals surface area contributed by atoms with Crippen LogP contribution in [-0.2, 0) is 6.42 Å². The predicted octanol–water partition coefficient (Wildman–Crippen LogP) is 1.88. The van der Waals surface area contributed by atoms with Gasteiger partial charge in [0.25, 0.3) is 0 Å². The van der Waals surface area contributed by atoms with Gasteiger partial charge in [0.05, 0.1) is 19.8 Å². The molecule has 1 aromatic rings. The van der Waals surface area contributed by atoms with E-state index in [1.54, 1.807) is 7.11 Å². The van der Waals surface area contributed by atoms with E-state index in [9.17, 15) is 0 Å². The average Bonchev–Trinajstić information content (AvgIpc) is 2.36.